The molecule has 192 valence electrons. The molecule has 0 unspecified atom stereocenters. The van der Waals surface area contributed by atoms with Crippen molar-refractivity contribution < 1.29 is 9.59 Å². The molecule has 4 N–H and O–H groups in total. The van der Waals surface area contributed by atoms with E-state index in [1.807, 2.05) is 60.4 Å². The first-order valence-electron chi connectivity index (χ1n) is 12.9. The first-order chi connectivity index (χ1) is 17.9. The number of pyridine rings is 1. The number of carbonyl (C=O) groups is 2. The molecule has 2 aliphatic heterocycles. The number of hydrogen-bond acceptors (Lipinski definition) is 5. The number of amides is 3. The molecule has 1 spiro atoms. The number of nitrogens with one attached hydrogen (secondary N) is 2. The monoisotopic (exact) mass is 498 g/mol. The second-order valence-electron chi connectivity index (χ2n) is 10.2. The van der Waals surface area contributed by atoms with Crippen molar-refractivity contribution in [3.63, 3.8) is 0 Å². The van der Waals surface area contributed by atoms with Crippen LogP contribution in [0.5, 0.6) is 0 Å². The summed E-state index contributed by atoms with van der Waals surface area (Å²) in [6.07, 6.45) is 4.68. The first-order valence-corrected chi connectivity index (χ1v) is 12.9. The van der Waals surface area contributed by atoms with Gasteiger partial charge in [0.25, 0.3) is 5.91 Å². The van der Waals surface area contributed by atoms with Crippen LogP contribution in [0.3, 0.4) is 0 Å². The third-order valence-corrected chi connectivity index (χ3v) is 7.73. The summed E-state index contributed by atoms with van der Waals surface area (Å²) in [6.45, 7) is 5.38. The topological polar surface area (TPSA) is 104 Å². The average Bonchev–Trinajstić information content (AvgIpc) is 3.34. The third kappa shape index (κ3) is 5.53. The van der Waals surface area contributed by atoms with Gasteiger partial charge >= 0.3 is 6.03 Å². The Balaban J connectivity index is 1.13. The number of likely N-dealkylation sites (tertiary alicyclic amines) is 1. The van der Waals surface area contributed by atoms with Crippen molar-refractivity contribution in [2.75, 3.05) is 42.1 Å². The van der Waals surface area contributed by atoms with Crippen LogP contribution >= 0.6 is 0 Å². The van der Waals surface area contributed by atoms with E-state index in [1.165, 1.54) is 0 Å². The minimum Gasteiger partial charge on any atom is -0.397 e. The van der Waals surface area contributed by atoms with E-state index in [4.69, 9.17) is 5.73 Å². The highest BCUT2D eigenvalue weighted by molar-refractivity contribution is 6.05. The molecule has 3 amide bonds. The molecule has 8 nitrogen and oxygen atoms in total. The molecule has 0 saturated carbocycles. The van der Waals surface area contributed by atoms with Gasteiger partial charge in [-0.1, -0.05) is 42.5 Å². The van der Waals surface area contributed by atoms with Crippen LogP contribution in [0, 0.1) is 5.41 Å². The van der Waals surface area contributed by atoms with Gasteiger partial charge in [0, 0.05) is 32.4 Å². The predicted molar refractivity (Wildman–Crippen MR) is 147 cm³/mol. The SMILES string of the molecule is C[C@@H](NC(=O)N1CCC2(CCN(c3ccc(C(=O)Nc4ccccc4N)cn3)CC2)C1)c1ccccc1. The van der Waals surface area contributed by atoms with Crippen LogP contribution in [0.1, 0.15) is 48.1 Å². The fraction of sp³-hybridized carbons (Fsp3) is 0.345. The Morgan fingerprint density at radius 1 is 0.946 bits per heavy atom. The second kappa shape index (κ2) is 10.5. The number of nitrogens with zero attached hydrogens (tertiary/aromatic N) is 3. The summed E-state index contributed by atoms with van der Waals surface area (Å²) in [6, 6.07) is 20.9. The molecule has 5 rings (SSSR count). The fourth-order valence-corrected chi connectivity index (χ4v) is 5.34. The molecule has 2 saturated heterocycles. The van der Waals surface area contributed by atoms with E-state index < -0.39 is 0 Å². The van der Waals surface area contributed by atoms with Crippen molar-refractivity contribution in [1.82, 2.24) is 15.2 Å². The quantitative estimate of drug-likeness (QED) is 0.443. The third-order valence-electron chi connectivity index (χ3n) is 7.73. The van der Waals surface area contributed by atoms with E-state index in [9.17, 15) is 9.59 Å². The molecule has 1 atom stereocenters. The number of carbonyl (C=O) groups excluding carboxylic acids is 2. The maximum absolute atomic E-state index is 12.9. The maximum Gasteiger partial charge on any atom is 0.317 e. The van der Waals surface area contributed by atoms with E-state index >= 15 is 0 Å². The number of nitrogen functional groups attached to an aromatic ring is 1. The van der Waals surface area contributed by atoms with Crippen LogP contribution in [0.4, 0.5) is 22.0 Å². The van der Waals surface area contributed by atoms with Crippen molar-refractivity contribution in [1.29, 1.82) is 0 Å². The lowest BCUT2D eigenvalue weighted by Crippen LogP contribution is -2.44. The summed E-state index contributed by atoms with van der Waals surface area (Å²) in [5.41, 5.74) is 8.80. The van der Waals surface area contributed by atoms with Crippen LogP contribution in [0.15, 0.2) is 72.9 Å². The van der Waals surface area contributed by atoms with E-state index in [-0.39, 0.29) is 23.4 Å². The average molecular weight is 499 g/mol. The van der Waals surface area contributed by atoms with Crippen LogP contribution < -0.4 is 21.3 Å². The van der Waals surface area contributed by atoms with E-state index in [2.05, 4.69) is 20.5 Å². The van der Waals surface area contributed by atoms with Crippen molar-refractivity contribution in [2.24, 2.45) is 5.41 Å². The Morgan fingerprint density at radius 2 is 1.65 bits per heavy atom. The Hall–Kier alpha value is -4.07. The second-order valence-corrected chi connectivity index (χ2v) is 10.2. The van der Waals surface area contributed by atoms with Gasteiger partial charge in [-0.15, -0.1) is 0 Å². The Labute approximate surface area is 217 Å². The molecular formula is C29H34N6O2. The number of hydrogen-bond donors (Lipinski definition) is 3. The number of piperidine rings is 1. The molecule has 2 fully saturated rings. The summed E-state index contributed by atoms with van der Waals surface area (Å²) in [4.78, 5) is 34.3. The van der Waals surface area contributed by atoms with Crippen LogP contribution in [0.25, 0.3) is 0 Å². The summed E-state index contributed by atoms with van der Waals surface area (Å²) in [7, 11) is 0. The Kier molecular flexibility index (Phi) is 6.99. The van der Waals surface area contributed by atoms with Crippen molar-refractivity contribution in [3.8, 4) is 0 Å². The summed E-state index contributed by atoms with van der Waals surface area (Å²) in [5, 5.41) is 5.99. The van der Waals surface area contributed by atoms with Gasteiger partial charge in [-0.25, -0.2) is 9.78 Å². The number of para-hydroxylation sites is 2. The number of aromatic nitrogens is 1. The summed E-state index contributed by atoms with van der Waals surface area (Å²) >= 11 is 0. The first kappa shape index (κ1) is 24.6. The number of rotatable bonds is 5. The number of nitrogens with two attached hydrogens (primary N) is 1. The molecule has 0 aliphatic carbocycles. The summed E-state index contributed by atoms with van der Waals surface area (Å²) in [5.74, 6) is 0.635. The number of benzene rings is 2. The van der Waals surface area contributed by atoms with Gasteiger partial charge in [0.1, 0.15) is 5.82 Å². The zero-order chi connectivity index (χ0) is 25.8. The zero-order valence-electron chi connectivity index (χ0n) is 21.2. The minimum atomic E-state index is -0.236. The van der Waals surface area contributed by atoms with Gasteiger partial charge in [0.15, 0.2) is 0 Å². The molecule has 3 heterocycles. The van der Waals surface area contributed by atoms with Crippen molar-refractivity contribution in [3.05, 3.63) is 84.1 Å². The van der Waals surface area contributed by atoms with E-state index in [0.717, 1.165) is 56.8 Å². The maximum atomic E-state index is 12.9. The van der Waals surface area contributed by atoms with Crippen LogP contribution in [0.2, 0.25) is 0 Å². The fourth-order valence-electron chi connectivity index (χ4n) is 5.34. The molecule has 0 radical (unpaired) electrons. The molecule has 2 aromatic carbocycles. The van der Waals surface area contributed by atoms with Crippen LogP contribution in [-0.4, -0.2) is 48.0 Å². The van der Waals surface area contributed by atoms with Gasteiger partial charge in [0.05, 0.1) is 23.0 Å². The highest BCUT2D eigenvalue weighted by atomic mass is 16.2. The molecule has 0 bridgehead atoms. The van der Waals surface area contributed by atoms with Crippen molar-refractivity contribution in [2.45, 2.75) is 32.2 Å². The van der Waals surface area contributed by atoms with E-state index in [1.54, 1.807) is 24.4 Å². The van der Waals surface area contributed by atoms with Gasteiger partial charge in [-0.3, -0.25) is 4.79 Å². The molecule has 37 heavy (non-hydrogen) atoms. The molecule has 1 aromatic heterocycles. The normalized spacial score (nSPS) is 17.4. The minimum absolute atomic E-state index is 0.0171. The van der Waals surface area contributed by atoms with E-state index in [0.29, 0.717) is 16.9 Å². The molecular weight excluding hydrogens is 464 g/mol. The Morgan fingerprint density at radius 3 is 2.35 bits per heavy atom. The van der Waals surface area contributed by atoms with Gasteiger partial charge in [-0.05, 0) is 61.4 Å². The number of urea groups is 1. The lowest BCUT2D eigenvalue weighted by molar-refractivity contribution is 0.102. The summed E-state index contributed by atoms with van der Waals surface area (Å²) < 4.78 is 0. The zero-order valence-corrected chi connectivity index (χ0v) is 21.2. The Bertz CT molecular complexity index is 1240. The van der Waals surface area contributed by atoms with Crippen LogP contribution in [-0.2, 0) is 0 Å². The molecule has 3 aromatic rings. The predicted octanol–water partition coefficient (Wildman–Crippen LogP) is 4.68. The molecule has 8 heteroatoms. The lowest BCUT2D eigenvalue weighted by Gasteiger charge is -2.39. The standard InChI is InChI=1S/C29H34N6O2/c1-21(22-7-3-2-4-8-22)32-28(37)35-18-15-29(20-35)13-16-34(17-14-29)26-12-11-23(19-31-26)27(36)33-25-10-6-5-9-24(25)30/h2-12,19,21H,13-18,20,30H2,1H3,(H,32,37)(H,33,36)/t21-/m1/s1. The van der Waals surface area contributed by atoms with Gasteiger partial charge < -0.3 is 26.2 Å². The molecule has 2 aliphatic rings. The highest BCUT2D eigenvalue weighted by Gasteiger charge is 2.42. The van der Waals surface area contributed by atoms with Gasteiger partial charge in [0.2, 0.25) is 0 Å². The number of anilines is 3. The smallest absolute Gasteiger partial charge is 0.317 e. The highest BCUT2D eigenvalue weighted by Crippen LogP contribution is 2.41. The lowest BCUT2D eigenvalue weighted by atomic mass is 9.78. The largest absolute Gasteiger partial charge is 0.397 e. The van der Waals surface area contributed by atoms with Crippen molar-refractivity contribution >= 4 is 29.1 Å². The van der Waals surface area contributed by atoms with Gasteiger partial charge in [-0.2, -0.15) is 0 Å².